The van der Waals surface area contributed by atoms with Gasteiger partial charge in [0, 0.05) is 30.4 Å². The molecular formula is C24H24F3N5O3. The molecule has 1 saturated carbocycles. The minimum atomic E-state index is -4.51. The molecule has 0 saturated heterocycles. The second-order valence-electron chi connectivity index (χ2n) is 7.75. The highest BCUT2D eigenvalue weighted by molar-refractivity contribution is 6.00. The molecule has 3 amide bonds. The zero-order chi connectivity index (χ0) is 25.6. The molecule has 0 unspecified atom stereocenters. The fourth-order valence-electron chi connectivity index (χ4n) is 2.97. The van der Waals surface area contributed by atoms with E-state index < -0.39 is 17.8 Å². The lowest BCUT2D eigenvalue weighted by atomic mass is 10.2. The monoisotopic (exact) mass is 487 g/mol. The maximum absolute atomic E-state index is 12.9. The molecule has 2 aromatic rings. The van der Waals surface area contributed by atoms with E-state index >= 15 is 0 Å². The molecule has 11 heteroatoms. The van der Waals surface area contributed by atoms with Crippen LogP contribution in [0.2, 0.25) is 0 Å². The largest absolute Gasteiger partial charge is 0.439 e. The molecule has 2 aromatic carbocycles. The van der Waals surface area contributed by atoms with Gasteiger partial charge in [-0.1, -0.05) is 6.07 Å². The summed E-state index contributed by atoms with van der Waals surface area (Å²) >= 11 is 0. The third kappa shape index (κ3) is 7.42. The van der Waals surface area contributed by atoms with Gasteiger partial charge in [0.15, 0.2) is 0 Å². The number of anilines is 2. The van der Waals surface area contributed by atoms with Gasteiger partial charge in [0.25, 0.3) is 0 Å². The van der Waals surface area contributed by atoms with Crippen LogP contribution in [0, 0.1) is 12.8 Å². The number of alkyl halides is 3. The van der Waals surface area contributed by atoms with Gasteiger partial charge in [-0.15, -0.1) is 0 Å². The van der Waals surface area contributed by atoms with Crippen LogP contribution in [0.5, 0.6) is 5.75 Å². The molecule has 0 heterocycles. The van der Waals surface area contributed by atoms with E-state index in [0.717, 1.165) is 25.0 Å². The smallest absolute Gasteiger partial charge is 0.416 e. The second kappa shape index (κ2) is 10.9. The van der Waals surface area contributed by atoms with Crippen LogP contribution in [0.3, 0.4) is 0 Å². The molecular weight excluding hydrogens is 463 g/mol. The molecule has 0 atom stereocenters. The number of aryl methyl sites for hydroxylation is 1. The average Bonchev–Trinajstić information content (AvgIpc) is 3.65. The zero-order valence-corrected chi connectivity index (χ0v) is 19.1. The van der Waals surface area contributed by atoms with Crippen LogP contribution in [-0.2, 0) is 11.0 Å². The van der Waals surface area contributed by atoms with Crippen LogP contribution in [-0.4, -0.2) is 31.6 Å². The van der Waals surface area contributed by atoms with Crippen molar-refractivity contribution < 1.29 is 27.5 Å². The van der Waals surface area contributed by atoms with Crippen molar-refractivity contribution in [3.05, 3.63) is 65.5 Å². The number of carbonyl (C=O) groups is 2. The fraction of sp³-hybridized carbons (Fsp3) is 0.250. The number of hydrogen-bond acceptors (Lipinski definition) is 5. The average molecular weight is 487 g/mol. The Kier molecular flexibility index (Phi) is 7.90. The van der Waals surface area contributed by atoms with Gasteiger partial charge in [-0.2, -0.15) is 13.2 Å². The first-order valence-corrected chi connectivity index (χ1v) is 10.6. The Morgan fingerprint density at radius 1 is 1.14 bits per heavy atom. The molecule has 1 aliphatic rings. The topological polar surface area (TPSA) is 104 Å². The van der Waals surface area contributed by atoms with Gasteiger partial charge in [0.1, 0.15) is 11.6 Å². The van der Waals surface area contributed by atoms with Crippen molar-refractivity contribution in [1.82, 2.24) is 5.32 Å². The Hall–Kier alpha value is -4.15. The quantitative estimate of drug-likeness (QED) is 0.372. The summed E-state index contributed by atoms with van der Waals surface area (Å²) in [6.45, 7) is 5.16. The van der Waals surface area contributed by atoms with Crippen LogP contribution in [0.25, 0.3) is 0 Å². The number of amides is 3. The molecule has 1 fully saturated rings. The summed E-state index contributed by atoms with van der Waals surface area (Å²) in [6, 6.07) is 8.44. The molecule has 1 aliphatic carbocycles. The van der Waals surface area contributed by atoms with Gasteiger partial charge in [-0.3, -0.25) is 9.79 Å². The summed E-state index contributed by atoms with van der Waals surface area (Å²) in [5.74, 6) is 0.653. The van der Waals surface area contributed by atoms with Crippen LogP contribution >= 0.6 is 0 Å². The molecule has 0 radical (unpaired) electrons. The van der Waals surface area contributed by atoms with Gasteiger partial charge >= 0.3 is 12.2 Å². The third-order valence-corrected chi connectivity index (χ3v) is 4.97. The SMILES string of the molecule is C=N/C(=C\C(=NC)Oc1ccc(NC(=O)Nc2cccc(C(F)(F)F)c2)c(C)c1)NC(=O)C1CC1. The van der Waals surface area contributed by atoms with Crippen molar-refractivity contribution in [1.29, 1.82) is 0 Å². The number of nitrogens with one attached hydrogen (secondary N) is 3. The lowest BCUT2D eigenvalue weighted by Crippen LogP contribution is -2.24. The van der Waals surface area contributed by atoms with E-state index in [1.165, 1.54) is 25.3 Å². The Labute approximate surface area is 200 Å². The molecule has 35 heavy (non-hydrogen) atoms. The highest BCUT2D eigenvalue weighted by Crippen LogP contribution is 2.31. The van der Waals surface area contributed by atoms with E-state index in [9.17, 15) is 22.8 Å². The molecule has 8 nitrogen and oxygen atoms in total. The first kappa shape index (κ1) is 25.5. The normalized spacial score (nSPS) is 14.2. The summed E-state index contributed by atoms with van der Waals surface area (Å²) in [4.78, 5) is 32.0. The van der Waals surface area contributed by atoms with Gasteiger partial charge in [-0.25, -0.2) is 9.79 Å². The van der Waals surface area contributed by atoms with Crippen LogP contribution in [0.15, 0.2) is 64.3 Å². The molecule has 0 spiro atoms. The van der Waals surface area contributed by atoms with E-state index in [1.807, 2.05) is 0 Å². The van der Waals surface area contributed by atoms with Gasteiger partial charge < -0.3 is 20.7 Å². The first-order valence-electron chi connectivity index (χ1n) is 10.6. The van der Waals surface area contributed by atoms with Crippen molar-refractivity contribution in [3.8, 4) is 5.75 Å². The Balaban J connectivity index is 1.63. The molecule has 184 valence electrons. The van der Waals surface area contributed by atoms with E-state index in [-0.39, 0.29) is 29.2 Å². The predicted molar refractivity (Wildman–Crippen MR) is 128 cm³/mol. The number of hydrogen-bond donors (Lipinski definition) is 3. The summed E-state index contributed by atoms with van der Waals surface area (Å²) in [5.41, 5.74) is 0.200. The number of benzene rings is 2. The maximum atomic E-state index is 12.9. The number of urea groups is 1. The fourth-order valence-corrected chi connectivity index (χ4v) is 2.97. The number of carbonyl (C=O) groups excluding carboxylic acids is 2. The van der Waals surface area contributed by atoms with Crippen molar-refractivity contribution in [3.63, 3.8) is 0 Å². The summed E-state index contributed by atoms with van der Waals surface area (Å²) in [6.07, 6.45) is -1.38. The van der Waals surface area contributed by atoms with E-state index in [4.69, 9.17) is 4.74 Å². The summed E-state index contributed by atoms with van der Waals surface area (Å²) in [7, 11) is 1.51. The Morgan fingerprint density at radius 2 is 1.89 bits per heavy atom. The second-order valence-corrected chi connectivity index (χ2v) is 7.75. The highest BCUT2D eigenvalue weighted by atomic mass is 19.4. The Morgan fingerprint density at radius 3 is 2.49 bits per heavy atom. The number of rotatable bonds is 7. The van der Waals surface area contributed by atoms with Gasteiger partial charge in [0.2, 0.25) is 11.8 Å². The molecule has 3 N–H and O–H groups in total. The molecule has 0 bridgehead atoms. The summed E-state index contributed by atoms with van der Waals surface area (Å²) < 4.78 is 44.3. The van der Waals surface area contributed by atoms with Gasteiger partial charge in [0.05, 0.1) is 5.56 Å². The predicted octanol–water partition coefficient (Wildman–Crippen LogP) is 5.13. The van der Waals surface area contributed by atoms with Crippen molar-refractivity contribution in [2.45, 2.75) is 25.9 Å². The van der Waals surface area contributed by atoms with Crippen molar-refractivity contribution in [2.75, 3.05) is 17.7 Å². The first-order chi connectivity index (χ1) is 16.6. The maximum Gasteiger partial charge on any atom is 0.416 e. The van der Waals surface area contributed by atoms with E-state index in [2.05, 4.69) is 32.7 Å². The zero-order valence-electron chi connectivity index (χ0n) is 19.1. The number of halogens is 3. The number of aliphatic imine (C=N–C) groups is 2. The van der Waals surface area contributed by atoms with Crippen molar-refractivity contribution in [2.24, 2.45) is 15.9 Å². The standard InChI is InChI=1S/C24H24F3N5O3/c1-14-11-18(35-21(29-3)13-20(28-2)32-22(33)15-7-8-15)9-10-19(14)31-23(34)30-17-6-4-5-16(12-17)24(25,26)27/h4-6,9-13,15H,2,7-8H2,1,3H3,(H,32,33)(H2,30,31,34)/b20-13+,29-21?. The van der Waals surface area contributed by atoms with E-state index in [1.54, 1.807) is 25.1 Å². The minimum Gasteiger partial charge on any atom is -0.439 e. The lowest BCUT2D eigenvalue weighted by Gasteiger charge is -2.13. The van der Waals surface area contributed by atoms with Gasteiger partial charge in [-0.05, 0) is 68.4 Å². The lowest BCUT2D eigenvalue weighted by molar-refractivity contribution is -0.137. The number of ether oxygens (including phenoxy) is 1. The molecule has 0 aliphatic heterocycles. The Bertz CT molecular complexity index is 1190. The third-order valence-electron chi connectivity index (χ3n) is 4.97. The highest BCUT2D eigenvalue weighted by Gasteiger charge is 2.31. The molecule has 3 rings (SSSR count). The summed E-state index contributed by atoms with van der Waals surface area (Å²) in [5, 5.41) is 7.64. The van der Waals surface area contributed by atoms with E-state index in [0.29, 0.717) is 17.0 Å². The van der Waals surface area contributed by atoms with Crippen molar-refractivity contribution >= 4 is 35.9 Å². The number of nitrogens with zero attached hydrogens (tertiary/aromatic N) is 2. The van der Waals surface area contributed by atoms with Crippen LogP contribution in [0.4, 0.5) is 29.3 Å². The van der Waals surface area contributed by atoms with Crippen LogP contribution < -0.4 is 20.7 Å². The molecule has 0 aromatic heterocycles. The minimum absolute atomic E-state index is 0.00319. The van der Waals surface area contributed by atoms with Crippen LogP contribution in [0.1, 0.15) is 24.0 Å².